The molecule has 0 saturated heterocycles. The van der Waals surface area contributed by atoms with Gasteiger partial charge in [-0.25, -0.2) is 0 Å². The molecule has 0 spiro atoms. The zero-order valence-electron chi connectivity index (χ0n) is 11.5. The maximum absolute atomic E-state index is 6.55. The van der Waals surface area contributed by atoms with Crippen LogP contribution in [0.3, 0.4) is 0 Å². The van der Waals surface area contributed by atoms with Crippen molar-refractivity contribution >= 4 is 0 Å². The Morgan fingerprint density at radius 1 is 1.35 bits per heavy atom. The highest BCUT2D eigenvalue weighted by Crippen LogP contribution is 2.43. The van der Waals surface area contributed by atoms with E-state index in [-0.39, 0.29) is 5.54 Å². The van der Waals surface area contributed by atoms with E-state index < -0.39 is 0 Å². The van der Waals surface area contributed by atoms with Crippen LogP contribution in [-0.2, 0) is 12.6 Å². The Balaban J connectivity index is 2.07. The molecule has 0 radical (unpaired) electrons. The lowest BCUT2D eigenvalue weighted by Gasteiger charge is -2.41. The maximum Gasteiger partial charge on any atom is 0.0540 e. The van der Waals surface area contributed by atoms with Crippen molar-refractivity contribution in [3.8, 4) is 0 Å². The smallest absolute Gasteiger partial charge is 0.0540 e. The molecule has 1 aliphatic carbocycles. The predicted octanol–water partition coefficient (Wildman–Crippen LogP) is 2.81. The van der Waals surface area contributed by atoms with Crippen LogP contribution in [0.25, 0.3) is 0 Å². The van der Waals surface area contributed by atoms with E-state index in [2.05, 4.69) is 32.1 Å². The standard InChI is InChI=1S/C14H25N3/c1-13(2,3)11-5-7-14(15,8-6-11)12-9-16-17(4)10-12/h9-11H,5-8,15H2,1-4H3. The first-order valence-electron chi connectivity index (χ1n) is 6.59. The highest BCUT2D eigenvalue weighted by molar-refractivity contribution is 5.18. The predicted molar refractivity (Wildman–Crippen MR) is 70.5 cm³/mol. The second kappa shape index (κ2) is 4.13. The number of nitrogens with two attached hydrogens (primary N) is 1. The molecule has 1 fully saturated rings. The minimum Gasteiger partial charge on any atom is -0.321 e. The summed E-state index contributed by atoms with van der Waals surface area (Å²) in [5.41, 5.74) is 8.02. The van der Waals surface area contributed by atoms with E-state index in [1.807, 2.05) is 17.9 Å². The first-order valence-corrected chi connectivity index (χ1v) is 6.59. The van der Waals surface area contributed by atoms with Crippen molar-refractivity contribution in [2.45, 2.75) is 52.0 Å². The Kier molecular flexibility index (Phi) is 3.06. The molecule has 0 atom stereocenters. The lowest BCUT2D eigenvalue weighted by atomic mass is 9.66. The van der Waals surface area contributed by atoms with Gasteiger partial charge in [0.15, 0.2) is 0 Å². The van der Waals surface area contributed by atoms with Gasteiger partial charge in [-0.1, -0.05) is 20.8 Å². The minimum absolute atomic E-state index is 0.143. The van der Waals surface area contributed by atoms with Crippen molar-refractivity contribution in [2.75, 3.05) is 0 Å². The third kappa shape index (κ3) is 2.54. The van der Waals surface area contributed by atoms with Gasteiger partial charge < -0.3 is 5.73 Å². The molecule has 3 heteroatoms. The van der Waals surface area contributed by atoms with Gasteiger partial charge in [0.05, 0.1) is 6.20 Å². The monoisotopic (exact) mass is 235 g/mol. The fourth-order valence-electron chi connectivity index (χ4n) is 2.97. The van der Waals surface area contributed by atoms with Crippen LogP contribution >= 0.6 is 0 Å². The average Bonchev–Trinajstić information content (AvgIpc) is 2.65. The minimum atomic E-state index is -0.143. The fraction of sp³-hybridized carbons (Fsp3) is 0.786. The lowest BCUT2D eigenvalue weighted by Crippen LogP contribution is -2.42. The van der Waals surface area contributed by atoms with Crippen LogP contribution in [0, 0.1) is 11.3 Å². The summed E-state index contributed by atoms with van der Waals surface area (Å²) in [6.07, 6.45) is 8.62. The molecule has 0 amide bonds. The third-order valence-electron chi connectivity index (χ3n) is 4.38. The SMILES string of the molecule is Cn1cc(C2(N)CCC(C(C)(C)C)CC2)cn1. The molecule has 0 bridgehead atoms. The zero-order chi connectivity index (χ0) is 12.7. The Labute approximate surface area is 104 Å². The molecule has 1 aromatic rings. The van der Waals surface area contributed by atoms with Gasteiger partial charge in [0, 0.05) is 24.3 Å². The van der Waals surface area contributed by atoms with Gasteiger partial charge in [0.25, 0.3) is 0 Å². The lowest BCUT2D eigenvalue weighted by molar-refractivity contribution is 0.134. The first-order chi connectivity index (χ1) is 7.81. The number of rotatable bonds is 1. The van der Waals surface area contributed by atoms with Gasteiger partial charge >= 0.3 is 0 Å². The van der Waals surface area contributed by atoms with Crippen LogP contribution in [-0.4, -0.2) is 9.78 Å². The maximum atomic E-state index is 6.55. The first kappa shape index (κ1) is 12.6. The molecule has 0 aliphatic heterocycles. The van der Waals surface area contributed by atoms with Crippen LogP contribution in [0.1, 0.15) is 52.0 Å². The quantitative estimate of drug-likeness (QED) is 0.813. The fourth-order valence-corrected chi connectivity index (χ4v) is 2.97. The molecule has 17 heavy (non-hydrogen) atoms. The van der Waals surface area contributed by atoms with Crippen molar-refractivity contribution in [1.29, 1.82) is 0 Å². The molecule has 0 aromatic carbocycles. The van der Waals surface area contributed by atoms with E-state index in [1.165, 1.54) is 18.4 Å². The highest BCUT2D eigenvalue weighted by Gasteiger charge is 2.37. The number of hydrogen-bond donors (Lipinski definition) is 1. The number of aromatic nitrogens is 2. The molecule has 1 heterocycles. The van der Waals surface area contributed by atoms with Crippen LogP contribution in [0.15, 0.2) is 12.4 Å². The summed E-state index contributed by atoms with van der Waals surface area (Å²) in [5.74, 6) is 0.802. The summed E-state index contributed by atoms with van der Waals surface area (Å²) in [7, 11) is 1.95. The van der Waals surface area contributed by atoms with Gasteiger partial charge in [-0.15, -0.1) is 0 Å². The summed E-state index contributed by atoms with van der Waals surface area (Å²) < 4.78 is 1.85. The van der Waals surface area contributed by atoms with E-state index in [1.54, 1.807) is 0 Å². The summed E-state index contributed by atoms with van der Waals surface area (Å²) in [4.78, 5) is 0. The molecule has 1 aromatic heterocycles. The van der Waals surface area contributed by atoms with Crippen molar-refractivity contribution < 1.29 is 0 Å². The van der Waals surface area contributed by atoms with Crippen LogP contribution < -0.4 is 5.73 Å². The zero-order valence-corrected chi connectivity index (χ0v) is 11.5. The van der Waals surface area contributed by atoms with Gasteiger partial charge in [-0.2, -0.15) is 5.10 Å². The van der Waals surface area contributed by atoms with Crippen molar-refractivity contribution in [1.82, 2.24) is 9.78 Å². The molecular weight excluding hydrogens is 210 g/mol. The molecule has 2 N–H and O–H groups in total. The second-order valence-electron chi connectivity index (χ2n) is 6.70. The molecule has 1 aliphatic rings. The van der Waals surface area contributed by atoms with E-state index in [4.69, 9.17) is 5.73 Å². The largest absolute Gasteiger partial charge is 0.321 e. The van der Waals surface area contributed by atoms with Crippen molar-refractivity contribution in [3.63, 3.8) is 0 Å². The second-order valence-corrected chi connectivity index (χ2v) is 6.70. The van der Waals surface area contributed by atoms with Crippen LogP contribution in [0.4, 0.5) is 0 Å². The molecular formula is C14H25N3. The van der Waals surface area contributed by atoms with Crippen molar-refractivity contribution in [3.05, 3.63) is 18.0 Å². The Morgan fingerprint density at radius 3 is 2.35 bits per heavy atom. The normalized spacial score (nSPS) is 30.5. The summed E-state index contributed by atoms with van der Waals surface area (Å²) >= 11 is 0. The van der Waals surface area contributed by atoms with E-state index >= 15 is 0 Å². The molecule has 2 rings (SSSR count). The summed E-state index contributed by atoms with van der Waals surface area (Å²) in [5, 5.41) is 4.24. The van der Waals surface area contributed by atoms with Crippen LogP contribution in [0.5, 0.6) is 0 Å². The molecule has 1 saturated carbocycles. The average molecular weight is 235 g/mol. The summed E-state index contributed by atoms with van der Waals surface area (Å²) in [6, 6.07) is 0. The third-order valence-corrected chi connectivity index (χ3v) is 4.38. The van der Waals surface area contributed by atoms with Gasteiger partial charge in [0.1, 0.15) is 0 Å². The van der Waals surface area contributed by atoms with Crippen LogP contribution in [0.2, 0.25) is 0 Å². The number of aryl methyl sites for hydroxylation is 1. The topological polar surface area (TPSA) is 43.8 Å². The van der Waals surface area contributed by atoms with E-state index in [0.29, 0.717) is 5.41 Å². The number of hydrogen-bond acceptors (Lipinski definition) is 2. The Hall–Kier alpha value is -0.830. The Morgan fingerprint density at radius 2 is 1.94 bits per heavy atom. The molecule has 96 valence electrons. The molecule has 3 nitrogen and oxygen atoms in total. The van der Waals surface area contributed by atoms with Gasteiger partial charge in [-0.05, 0) is 37.0 Å². The molecule has 0 unspecified atom stereocenters. The van der Waals surface area contributed by atoms with E-state index in [0.717, 1.165) is 18.8 Å². The highest BCUT2D eigenvalue weighted by atomic mass is 15.2. The van der Waals surface area contributed by atoms with Gasteiger partial charge in [-0.3, -0.25) is 4.68 Å². The van der Waals surface area contributed by atoms with Gasteiger partial charge in [0.2, 0.25) is 0 Å². The van der Waals surface area contributed by atoms with Crippen molar-refractivity contribution in [2.24, 2.45) is 24.1 Å². The summed E-state index contributed by atoms with van der Waals surface area (Å²) in [6.45, 7) is 7.02. The van der Waals surface area contributed by atoms with E-state index in [9.17, 15) is 0 Å². The Bertz CT molecular complexity index is 378. The number of nitrogens with zero attached hydrogens (tertiary/aromatic N) is 2.